The SMILES string of the molecule is CC(C)CCCCCCCCCCCCCC(=O)O[C@H](COC(=O)CCCCCCCCCC(C)C)COP(=O)(O)OCC(O)COP(=O)(O)OC[C@@H](COC(=O)CCCCCCCCCCCC(C)C)OC(=O)CCCCCCCCC(C)C. The summed E-state index contributed by atoms with van der Waals surface area (Å²) < 4.78 is 68.0. The molecule has 0 radical (unpaired) electrons. The van der Waals surface area contributed by atoms with E-state index in [4.69, 9.17) is 37.0 Å². The van der Waals surface area contributed by atoms with E-state index >= 15 is 0 Å². The molecule has 17 nitrogen and oxygen atoms in total. The van der Waals surface area contributed by atoms with E-state index in [1.807, 2.05) is 0 Å². The van der Waals surface area contributed by atoms with Crippen LogP contribution in [-0.2, 0) is 65.4 Å². The molecule has 0 aromatic carbocycles. The first-order valence-electron chi connectivity index (χ1n) is 34.2. The zero-order chi connectivity index (χ0) is 63.2. The third kappa shape index (κ3) is 60.7. The van der Waals surface area contributed by atoms with E-state index in [0.717, 1.165) is 108 Å². The number of rotatable bonds is 63. The zero-order valence-electron chi connectivity index (χ0n) is 55.2. The molecule has 0 saturated carbocycles. The Morgan fingerprint density at radius 2 is 0.494 bits per heavy atom. The zero-order valence-corrected chi connectivity index (χ0v) is 57.0. The van der Waals surface area contributed by atoms with Crippen molar-refractivity contribution in [2.24, 2.45) is 23.7 Å². The monoisotopic (exact) mass is 1250 g/mol. The summed E-state index contributed by atoms with van der Waals surface area (Å²) in [6.45, 7) is 13.9. The third-order valence-electron chi connectivity index (χ3n) is 15.1. The molecular weight excluding hydrogens is 1130 g/mol. The molecule has 0 aromatic heterocycles. The van der Waals surface area contributed by atoms with Crippen molar-refractivity contribution in [1.82, 2.24) is 0 Å². The van der Waals surface area contributed by atoms with E-state index in [9.17, 15) is 43.2 Å². The molecule has 3 unspecified atom stereocenters. The van der Waals surface area contributed by atoms with Crippen LogP contribution in [0.2, 0.25) is 0 Å². The van der Waals surface area contributed by atoms with Crippen LogP contribution in [-0.4, -0.2) is 96.7 Å². The second-order valence-corrected chi connectivity index (χ2v) is 28.7. The van der Waals surface area contributed by atoms with E-state index < -0.39 is 97.5 Å². The topological polar surface area (TPSA) is 237 Å². The van der Waals surface area contributed by atoms with Crippen LogP contribution in [0.4, 0.5) is 0 Å². The van der Waals surface area contributed by atoms with Crippen LogP contribution < -0.4 is 0 Å². The molecule has 0 rings (SSSR count). The maximum absolute atomic E-state index is 13.0. The molecule has 0 heterocycles. The fourth-order valence-electron chi connectivity index (χ4n) is 9.78. The first-order valence-corrected chi connectivity index (χ1v) is 37.2. The molecule has 0 aliphatic carbocycles. The fraction of sp³-hybridized carbons (Fsp3) is 0.939. The molecule has 0 aliphatic heterocycles. The maximum atomic E-state index is 13.0. The lowest BCUT2D eigenvalue weighted by molar-refractivity contribution is -0.161. The van der Waals surface area contributed by atoms with Gasteiger partial charge in [-0.15, -0.1) is 0 Å². The average molecular weight is 1260 g/mol. The Bertz CT molecular complexity index is 1700. The molecule has 0 fully saturated rings. The highest BCUT2D eigenvalue weighted by molar-refractivity contribution is 7.47. The molecular formula is C66H128O17P2. The number of ether oxygens (including phenoxy) is 4. The lowest BCUT2D eigenvalue weighted by atomic mass is 10.0. The molecule has 3 N–H and O–H groups in total. The highest BCUT2D eigenvalue weighted by atomic mass is 31.2. The largest absolute Gasteiger partial charge is 0.472 e. The van der Waals surface area contributed by atoms with Gasteiger partial charge >= 0.3 is 39.5 Å². The summed E-state index contributed by atoms with van der Waals surface area (Å²) in [5.41, 5.74) is 0. The number of esters is 4. The van der Waals surface area contributed by atoms with E-state index in [1.54, 1.807) is 0 Å². The summed E-state index contributed by atoms with van der Waals surface area (Å²) in [7, 11) is -9.89. The van der Waals surface area contributed by atoms with Crippen molar-refractivity contribution < 1.29 is 80.2 Å². The van der Waals surface area contributed by atoms with Crippen molar-refractivity contribution in [1.29, 1.82) is 0 Å². The Labute approximate surface area is 517 Å². The highest BCUT2D eigenvalue weighted by Gasteiger charge is 2.30. The van der Waals surface area contributed by atoms with Crippen molar-refractivity contribution in [2.75, 3.05) is 39.6 Å². The lowest BCUT2D eigenvalue weighted by Crippen LogP contribution is -2.30. The van der Waals surface area contributed by atoms with Gasteiger partial charge in [-0.2, -0.15) is 0 Å². The van der Waals surface area contributed by atoms with E-state index in [1.165, 1.54) is 116 Å². The number of carbonyl (C=O) groups excluding carboxylic acids is 4. The minimum Gasteiger partial charge on any atom is -0.462 e. The summed E-state index contributed by atoms with van der Waals surface area (Å²) in [5.74, 6) is 0.744. The van der Waals surface area contributed by atoms with Crippen LogP contribution in [0.5, 0.6) is 0 Å². The summed E-state index contributed by atoms with van der Waals surface area (Å²) in [6.07, 6.45) is 36.4. The van der Waals surface area contributed by atoms with Crippen molar-refractivity contribution in [3.63, 3.8) is 0 Å². The number of hydrogen-bond donors (Lipinski definition) is 3. The average Bonchev–Trinajstić information content (AvgIpc) is 3.53. The van der Waals surface area contributed by atoms with Gasteiger partial charge in [0.25, 0.3) is 0 Å². The molecule has 85 heavy (non-hydrogen) atoms. The molecule has 0 aromatic rings. The minimum absolute atomic E-state index is 0.101. The van der Waals surface area contributed by atoms with Crippen molar-refractivity contribution in [3.05, 3.63) is 0 Å². The predicted octanol–water partition coefficient (Wildman–Crippen LogP) is 18.1. The number of hydrogen-bond acceptors (Lipinski definition) is 15. The van der Waals surface area contributed by atoms with Gasteiger partial charge in [0.05, 0.1) is 26.4 Å². The molecule has 19 heteroatoms. The lowest BCUT2D eigenvalue weighted by Gasteiger charge is -2.21. The number of phosphoric ester groups is 2. The van der Waals surface area contributed by atoms with Gasteiger partial charge < -0.3 is 33.8 Å². The number of unbranched alkanes of at least 4 members (excludes halogenated alkanes) is 29. The Kier molecular flexibility index (Phi) is 54.8. The molecule has 0 amide bonds. The molecule has 0 bridgehead atoms. The number of carbonyl (C=O) groups is 4. The first-order chi connectivity index (χ1) is 40.6. The Morgan fingerprint density at radius 3 is 0.729 bits per heavy atom. The Hall–Kier alpha value is -1.94. The molecule has 5 atom stereocenters. The van der Waals surface area contributed by atoms with Crippen molar-refractivity contribution in [2.45, 2.75) is 337 Å². The third-order valence-corrected chi connectivity index (χ3v) is 17.0. The van der Waals surface area contributed by atoms with Gasteiger partial charge in [-0.05, 0) is 49.4 Å². The quantitative estimate of drug-likeness (QED) is 0.0222. The van der Waals surface area contributed by atoms with Gasteiger partial charge in [-0.1, -0.05) is 267 Å². The smallest absolute Gasteiger partial charge is 0.462 e. The maximum Gasteiger partial charge on any atom is 0.472 e. The fourth-order valence-corrected chi connectivity index (χ4v) is 11.4. The van der Waals surface area contributed by atoms with E-state index in [2.05, 4.69) is 55.4 Å². The predicted molar refractivity (Wildman–Crippen MR) is 340 cm³/mol. The van der Waals surface area contributed by atoms with Crippen molar-refractivity contribution >= 4 is 39.5 Å². The number of aliphatic hydroxyl groups is 1. The Morgan fingerprint density at radius 1 is 0.294 bits per heavy atom. The number of aliphatic hydroxyl groups excluding tert-OH is 1. The van der Waals surface area contributed by atoms with Crippen LogP contribution in [0.25, 0.3) is 0 Å². The summed E-state index contributed by atoms with van der Waals surface area (Å²) in [5, 5.41) is 10.5. The number of phosphoric acid groups is 2. The van der Waals surface area contributed by atoms with Crippen LogP contribution in [0.1, 0.15) is 319 Å². The van der Waals surface area contributed by atoms with Gasteiger partial charge in [-0.3, -0.25) is 37.3 Å². The standard InChI is InChI=1S/C66H128O17P2/c1-56(2)42-34-26-18-13-10-9-11-15-22-32-40-48-65(70)82-61(52-77-64(69)47-39-31-23-17-20-28-36-44-58(5)6)54-80-84(72,73)78-50-60(67)51-79-85(74,75)81-55-62(83-66(71)49-41-33-25-24-29-37-45-59(7)8)53-76-63(68)46-38-30-21-16-12-14-19-27-35-43-57(3)4/h56-62,67H,9-55H2,1-8H3,(H,72,73)(H,74,75)/t60?,61-,62-/m1/s1. The van der Waals surface area contributed by atoms with E-state index in [-0.39, 0.29) is 25.7 Å². The second-order valence-electron chi connectivity index (χ2n) is 25.8. The normalized spacial score (nSPS) is 14.4. The van der Waals surface area contributed by atoms with Gasteiger partial charge in [0, 0.05) is 25.7 Å². The van der Waals surface area contributed by atoms with Crippen molar-refractivity contribution in [3.8, 4) is 0 Å². The summed E-state index contributed by atoms with van der Waals surface area (Å²) in [6, 6.07) is 0. The molecule has 504 valence electrons. The highest BCUT2D eigenvalue weighted by Crippen LogP contribution is 2.45. The summed E-state index contributed by atoms with van der Waals surface area (Å²) in [4.78, 5) is 72.3. The van der Waals surface area contributed by atoms with Crippen LogP contribution in [0.3, 0.4) is 0 Å². The first kappa shape index (κ1) is 83.1. The van der Waals surface area contributed by atoms with Gasteiger partial charge in [0.2, 0.25) is 0 Å². The van der Waals surface area contributed by atoms with Gasteiger partial charge in [-0.25, -0.2) is 9.13 Å². The second kappa shape index (κ2) is 56.1. The molecule has 0 spiro atoms. The Balaban J connectivity index is 5.23. The molecule has 0 aliphatic rings. The van der Waals surface area contributed by atoms with E-state index in [0.29, 0.717) is 37.5 Å². The van der Waals surface area contributed by atoms with Gasteiger partial charge in [0.15, 0.2) is 12.2 Å². The van der Waals surface area contributed by atoms with Gasteiger partial charge in [0.1, 0.15) is 19.3 Å². The van der Waals surface area contributed by atoms with Crippen LogP contribution in [0.15, 0.2) is 0 Å². The van der Waals surface area contributed by atoms with Crippen LogP contribution >= 0.6 is 15.6 Å². The van der Waals surface area contributed by atoms with Crippen LogP contribution in [0, 0.1) is 23.7 Å². The minimum atomic E-state index is -4.95. The summed E-state index contributed by atoms with van der Waals surface area (Å²) >= 11 is 0. The molecule has 0 saturated heterocycles.